The summed E-state index contributed by atoms with van der Waals surface area (Å²) >= 11 is 0. The van der Waals surface area contributed by atoms with Gasteiger partial charge in [-0.15, -0.1) is 0 Å². The number of nitrogens with one attached hydrogen (secondary N) is 1. The van der Waals surface area contributed by atoms with Crippen LogP contribution < -0.4 is 10.2 Å². The van der Waals surface area contributed by atoms with Crippen LogP contribution in [0.2, 0.25) is 0 Å². The van der Waals surface area contributed by atoms with Crippen LogP contribution in [0.4, 0.5) is 17.5 Å². The van der Waals surface area contributed by atoms with Gasteiger partial charge in [0.15, 0.2) is 0 Å². The highest BCUT2D eigenvalue weighted by molar-refractivity contribution is 5.88. The van der Waals surface area contributed by atoms with Gasteiger partial charge in [0.1, 0.15) is 5.82 Å². The SMILES string of the molecule is N#Cc1cc(NCCCN2CCN(c3ncccn3)CC2)nc2ccc([N+](=O)[O-])cc12. The molecule has 10 heteroatoms. The van der Waals surface area contributed by atoms with Crippen molar-refractivity contribution in [3.63, 3.8) is 0 Å². The van der Waals surface area contributed by atoms with Crippen LogP contribution in [0.5, 0.6) is 0 Å². The van der Waals surface area contributed by atoms with E-state index >= 15 is 0 Å². The number of pyridine rings is 1. The van der Waals surface area contributed by atoms with Gasteiger partial charge in [-0.2, -0.15) is 5.26 Å². The molecule has 2 aromatic heterocycles. The van der Waals surface area contributed by atoms with Crippen LogP contribution in [0.15, 0.2) is 42.7 Å². The van der Waals surface area contributed by atoms with E-state index in [1.54, 1.807) is 24.5 Å². The Morgan fingerprint density at radius 2 is 1.94 bits per heavy atom. The number of hydrogen-bond acceptors (Lipinski definition) is 9. The molecule has 1 fully saturated rings. The molecule has 0 bridgehead atoms. The molecule has 0 spiro atoms. The summed E-state index contributed by atoms with van der Waals surface area (Å²) in [7, 11) is 0. The number of hydrogen-bond donors (Lipinski definition) is 1. The summed E-state index contributed by atoms with van der Waals surface area (Å²) in [6, 6.07) is 9.95. The largest absolute Gasteiger partial charge is 0.370 e. The summed E-state index contributed by atoms with van der Waals surface area (Å²) in [5.41, 5.74) is 0.882. The molecule has 1 aliphatic rings. The van der Waals surface area contributed by atoms with E-state index in [9.17, 15) is 15.4 Å². The van der Waals surface area contributed by atoms with Crippen molar-refractivity contribution < 1.29 is 4.92 Å². The number of rotatable bonds is 7. The molecule has 3 aromatic rings. The fourth-order valence-electron chi connectivity index (χ4n) is 3.66. The lowest BCUT2D eigenvalue weighted by Gasteiger charge is -2.34. The van der Waals surface area contributed by atoms with Crippen LogP contribution in [-0.2, 0) is 0 Å². The molecule has 0 atom stereocenters. The highest BCUT2D eigenvalue weighted by Gasteiger charge is 2.18. The number of aromatic nitrogens is 3. The van der Waals surface area contributed by atoms with Crippen molar-refractivity contribution in [2.45, 2.75) is 6.42 Å². The van der Waals surface area contributed by atoms with Gasteiger partial charge in [-0.05, 0) is 31.2 Å². The molecule has 1 aliphatic heterocycles. The van der Waals surface area contributed by atoms with Crippen molar-refractivity contribution in [1.82, 2.24) is 19.9 Å². The molecule has 158 valence electrons. The van der Waals surface area contributed by atoms with Crippen molar-refractivity contribution in [2.24, 2.45) is 0 Å². The van der Waals surface area contributed by atoms with Crippen LogP contribution in [-0.4, -0.2) is 64.0 Å². The molecule has 10 nitrogen and oxygen atoms in total. The Kier molecular flexibility index (Phi) is 6.14. The monoisotopic (exact) mass is 418 g/mol. The molecule has 1 aromatic carbocycles. The topological polar surface area (TPSA) is 124 Å². The van der Waals surface area contributed by atoms with Crippen LogP contribution in [0.1, 0.15) is 12.0 Å². The molecule has 0 aliphatic carbocycles. The molecule has 1 N–H and O–H groups in total. The van der Waals surface area contributed by atoms with E-state index in [0.717, 1.165) is 51.6 Å². The molecular weight excluding hydrogens is 396 g/mol. The number of nitro benzene ring substituents is 1. The molecule has 31 heavy (non-hydrogen) atoms. The third-order valence-electron chi connectivity index (χ3n) is 5.29. The van der Waals surface area contributed by atoms with E-state index in [1.807, 2.05) is 6.07 Å². The lowest BCUT2D eigenvalue weighted by atomic mass is 10.1. The number of piperazine rings is 1. The summed E-state index contributed by atoms with van der Waals surface area (Å²) in [4.78, 5) is 28.2. The lowest BCUT2D eigenvalue weighted by molar-refractivity contribution is -0.384. The minimum atomic E-state index is -0.473. The minimum Gasteiger partial charge on any atom is -0.370 e. The first-order chi connectivity index (χ1) is 15.1. The average Bonchev–Trinajstić information content (AvgIpc) is 2.82. The zero-order valence-corrected chi connectivity index (χ0v) is 16.9. The van der Waals surface area contributed by atoms with Gasteiger partial charge in [-0.3, -0.25) is 15.0 Å². The van der Waals surface area contributed by atoms with Crippen molar-refractivity contribution >= 4 is 28.4 Å². The maximum absolute atomic E-state index is 11.0. The summed E-state index contributed by atoms with van der Waals surface area (Å²) in [6.45, 7) is 5.41. The summed E-state index contributed by atoms with van der Waals surface area (Å²) < 4.78 is 0. The molecule has 0 radical (unpaired) electrons. The summed E-state index contributed by atoms with van der Waals surface area (Å²) in [5.74, 6) is 1.38. The molecular formula is C21H22N8O2. The van der Waals surface area contributed by atoms with Crippen LogP contribution >= 0.6 is 0 Å². The predicted octanol–water partition coefficient (Wildman–Crippen LogP) is 2.43. The average molecular weight is 418 g/mol. The maximum Gasteiger partial charge on any atom is 0.270 e. The Labute approximate surface area is 179 Å². The number of non-ortho nitro benzene ring substituents is 1. The van der Waals surface area contributed by atoms with Gasteiger partial charge in [0.05, 0.1) is 22.1 Å². The lowest BCUT2D eigenvalue weighted by Crippen LogP contribution is -2.47. The molecule has 0 amide bonds. The molecule has 1 saturated heterocycles. The first-order valence-corrected chi connectivity index (χ1v) is 10.1. The number of nitriles is 1. The number of nitrogens with zero attached hydrogens (tertiary/aromatic N) is 7. The zero-order chi connectivity index (χ0) is 21.6. The number of nitro groups is 1. The van der Waals surface area contributed by atoms with Crippen molar-refractivity contribution in [3.05, 3.63) is 58.4 Å². The fraction of sp³-hybridized carbons (Fsp3) is 0.333. The molecule has 0 saturated carbocycles. The minimum absolute atomic E-state index is 0.0505. The first kappa shape index (κ1) is 20.4. The third kappa shape index (κ3) is 4.84. The van der Waals surface area contributed by atoms with Crippen LogP contribution in [0.25, 0.3) is 10.9 Å². The van der Waals surface area contributed by atoms with Gasteiger partial charge in [0, 0.05) is 62.6 Å². The predicted molar refractivity (Wildman–Crippen MR) is 117 cm³/mol. The fourth-order valence-corrected chi connectivity index (χ4v) is 3.66. The van der Waals surface area contributed by atoms with Gasteiger partial charge in [-0.25, -0.2) is 15.0 Å². The quantitative estimate of drug-likeness (QED) is 0.350. The second-order valence-corrected chi connectivity index (χ2v) is 7.28. The van der Waals surface area contributed by atoms with Gasteiger partial charge < -0.3 is 10.2 Å². The highest BCUT2D eigenvalue weighted by atomic mass is 16.6. The van der Waals surface area contributed by atoms with E-state index in [4.69, 9.17) is 0 Å². The Hall–Kier alpha value is -3.84. The Bertz CT molecular complexity index is 1110. The maximum atomic E-state index is 11.0. The van der Waals surface area contributed by atoms with E-state index in [2.05, 4.69) is 36.1 Å². The summed E-state index contributed by atoms with van der Waals surface area (Å²) in [6.07, 6.45) is 4.46. The van der Waals surface area contributed by atoms with Crippen molar-refractivity contribution in [2.75, 3.05) is 49.5 Å². The van der Waals surface area contributed by atoms with Crippen LogP contribution in [0.3, 0.4) is 0 Å². The van der Waals surface area contributed by atoms with E-state index in [0.29, 0.717) is 22.3 Å². The Balaban J connectivity index is 1.29. The Morgan fingerprint density at radius 3 is 2.65 bits per heavy atom. The number of benzene rings is 1. The van der Waals surface area contributed by atoms with E-state index in [1.165, 1.54) is 12.1 Å². The Morgan fingerprint density at radius 1 is 1.16 bits per heavy atom. The van der Waals surface area contributed by atoms with Crippen LogP contribution in [0, 0.1) is 21.4 Å². The normalized spacial score (nSPS) is 14.4. The highest BCUT2D eigenvalue weighted by Crippen LogP contribution is 2.24. The number of fused-ring (bicyclic) bond motifs is 1. The summed E-state index contributed by atoms with van der Waals surface area (Å²) in [5, 5.41) is 24.2. The first-order valence-electron chi connectivity index (χ1n) is 10.1. The van der Waals surface area contributed by atoms with Gasteiger partial charge >= 0.3 is 0 Å². The standard InChI is InChI=1S/C21H22N8O2/c22-15-16-13-20(26-19-4-3-17(29(30)31)14-18(16)19)23-7-2-8-27-9-11-28(12-10-27)21-24-5-1-6-25-21/h1,3-6,13-14H,2,7-12H2,(H,23,26). The third-order valence-corrected chi connectivity index (χ3v) is 5.29. The van der Waals surface area contributed by atoms with E-state index in [-0.39, 0.29) is 5.69 Å². The van der Waals surface area contributed by atoms with Crippen molar-refractivity contribution in [3.8, 4) is 6.07 Å². The van der Waals surface area contributed by atoms with Crippen molar-refractivity contribution in [1.29, 1.82) is 5.26 Å². The second kappa shape index (κ2) is 9.32. The molecule has 0 unspecified atom stereocenters. The molecule has 4 rings (SSSR count). The van der Waals surface area contributed by atoms with Gasteiger partial charge in [-0.1, -0.05) is 0 Å². The number of anilines is 2. The molecule has 3 heterocycles. The van der Waals surface area contributed by atoms with E-state index < -0.39 is 4.92 Å². The zero-order valence-electron chi connectivity index (χ0n) is 16.9. The smallest absolute Gasteiger partial charge is 0.270 e. The van der Waals surface area contributed by atoms with Gasteiger partial charge in [0.2, 0.25) is 5.95 Å². The van der Waals surface area contributed by atoms with Gasteiger partial charge in [0.25, 0.3) is 5.69 Å². The second-order valence-electron chi connectivity index (χ2n) is 7.28.